The van der Waals surface area contributed by atoms with Crippen molar-refractivity contribution in [1.29, 1.82) is 0 Å². The maximum atomic E-state index is 11.2. The van der Waals surface area contributed by atoms with E-state index < -0.39 is 0 Å². The first-order valence-corrected chi connectivity index (χ1v) is 7.34. The third-order valence-electron chi connectivity index (χ3n) is 2.17. The van der Waals surface area contributed by atoms with Crippen LogP contribution >= 0.6 is 23.5 Å². The number of hydrogen-bond acceptors (Lipinski definition) is 5. The first-order valence-electron chi connectivity index (χ1n) is 5.37. The maximum Gasteiger partial charge on any atom is 0.316 e. The Kier molecular flexibility index (Phi) is 4.50. The van der Waals surface area contributed by atoms with Gasteiger partial charge in [-0.05, 0) is 18.6 Å². The number of esters is 1. The fourth-order valence-corrected chi connectivity index (χ4v) is 3.27. The van der Waals surface area contributed by atoms with Crippen molar-refractivity contribution in [3.05, 3.63) is 29.8 Å². The largest absolute Gasteiger partial charge is 0.465 e. The van der Waals surface area contributed by atoms with Crippen molar-refractivity contribution < 1.29 is 9.53 Å². The molecule has 17 heavy (non-hydrogen) atoms. The van der Waals surface area contributed by atoms with Crippen LogP contribution in [0.15, 0.2) is 29.3 Å². The predicted molar refractivity (Wildman–Crippen MR) is 73.9 cm³/mol. The van der Waals surface area contributed by atoms with Gasteiger partial charge in [0.05, 0.1) is 18.0 Å². The highest BCUT2D eigenvalue weighted by atomic mass is 32.2. The number of thioether (sulfide) groups is 2. The van der Waals surface area contributed by atoms with E-state index in [2.05, 4.69) is 11.1 Å². The summed E-state index contributed by atoms with van der Waals surface area (Å²) in [6.07, 6.45) is 0. The normalized spacial score (nSPS) is 13.8. The zero-order valence-electron chi connectivity index (χ0n) is 9.51. The van der Waals surface area contributed by atoms with Crippen LogP contribution in [0, 0.1) is 0 Å². The summed E-state index contributed by atoms with van der Waals surface area (Å²) in [5.74, 6) is 1.08. The van der Waals surface area contributed by atoms with Gasteiger partial charge in [-0.25, -0.2) is 4.99 Å². The summed E-state index contributed by atoms with van der Waals surface area (Å²) in [6, 6.07) is 8.08. The monoisotopic (exact) mass is 267 g/mol. The Balaban J connectivity index is 1.96. The van der Waals surface area contributed by atoms with Crippen LogP contribution in [0.3, 0.4) is 0 Å². The number of aliphatic imine (C=N–C) groups is 1. The summed E-state index contributed by atoms with van der Waals surface area (Å²) in [4.78, 5) is 15.7. The van der Waals surface area contributed by atoms with Crippen LogP contribution < -0.4 is 0 Å². The van der Waals surface area contributed by atoms with Crippen molar-refractivity contribution in [2.45, 2.75) is 12.7 Å². The van der Waals surface area contributed by atoms with E-state index in [0.29, 0.717) is 12.4 Å². The van der Waals surface area contributed by atoms with E-state index in [1.165, 1.54) is 17.3 Å². The average molecular weight is 267 g/mol. The van der Waals surface area contributed by atoms with E-state index in [9.17, 15) is 4.79 Å². The predicted octanol–water partition coefficient (Wildman–Crippen LogP) is 3.22. The van der Waals surface area contributed by atoms with Gasteiger partial charge in [0, 0.05) is 5.75 Å². The van der Waals surface area contributed by atoms with Crippen LogP contribution in [0.2, 0.25) is 0 Å². The molecule has 3 nitrogen and oxygen atoms in total. The summed E-state index contributed by atoms with van der Waals surface area (Å²) >= 11 is 3.12. The second-order valence-electron chi connectivity index (χ2n) is 3.39. The van der Waals surface area contributed by atoms with Crippen molar-refractivity contribution in [3.63, 3.8) is 0 Å². The Labute approximate surface area is 109 Å². The SMILES string of the molecule is CCOC(=O)CSC1=Nc2ccccc2CS1. The summed E-state index contributed by atoms with van der Waals surface area (Å²) in [5, 5.41) is 0. The molecule has 1 aromatic carbocycles. The van der Waals surface area contributed by atoms with E-state index >= 15 is 0 Å². The zero-order chi connectivity index (χ0) is 12.1. The lowest BCUT2D eigenvalue weighted by Gasteiger charge is -2.13. The lowest BCUT2D eigenvalue weighted by Crippen LogP contribution is -2.08. The van der Waals surface area contributed by atoms with Crippen LogP contribution in [-0.4, -0.2) is 22.7 Å². The number of benzene rings is 1. The fraction of sp³-hybridized carbons (Fsp3) is 0.333. The number of hydrogen-bond donors (Lipinski definition) is 0. The summed E-state index contributed by atoms with van der Waals surface area (Å²) in [7, 11) is 0. The highest BCUT2D eigenvalue weighted by Gasteiger charge is 2.14. The lowest BCUT2D eigenvalue weighted by molar-refractivity contribution is -0.139. The van der Waals surface area contributed by atoms with Gasteiger partial charge in [0.2, 0.25) is 0 Å². The van der Waals surface area contributed by atoms with Crippen LogP contribution in [0.5, 0.6) is 0 Å². The van der Waals surface area contributed by atoms with Crippen molar-refractivity contribution >= 4 is 39.6 Å². The molecule has 0 spiro atoms. The Morgan fingerprint density at radius 1 is 1.53 bits per heavy atom. The molecule has 0 unspecified atom stereocenters. The second-order valence-corrected chi connectivity index (χ2v) is 5.58. The van der Waals surface area contributed by atoms with Crippen molar-refractivity contribution in [3.8, 4) is 0 Å². The molecule has 0 amide bonds. The minimum absolute atomic E-state index is 0.181. The van der Waals surface area contributed by atoms with E-state index in [0.717, 1.165) is 15.8 Å². The molecule has 5 heteroatoms. The van der Waals surface area contributed by atoms with Crippen molar-refractivity contribution in [2.24, 2.45) is 4.99 Å². The summed E-state index contributed by atoms with van der Waals surface area (Å²) in [5.41, 5.74) is 2.26. The van der Waals surface area contributed by atoms with E-state index in [4.69, 9.17) is 4.74 Å². The second kappa shape index (κ2) is 6.12. The molecule has 0 saturated carbocycles. The first-order chi connectivity index (χ1) is 8.29. The van der Waals surface area contributed by atoms with Crippen molar-refractivity contribution in [2.75, 3.05) is 12.4 Å². The minimum atomic E-state index is -0.181. The standard InChI is InChI=1S/C12H13NO2S2/c1-2-15-11(14)8-17-12-13-10-6-4-3-5-9(10)7-16-12/h3-6H,2,7-8H2,1H3. The highest BCUT2D eigenvalue weighted by molar-refractivity contribution is 8.38. The van der Waals surface area contributed by atoms with Gasteiger partial charge in [-0.3, -0.25) is 4.79 Å². The highest BCUT2D eigenvalue weighted by Crippen LogP contribution is 2.34. The maximum absolute atomic E-state index is 11.2. The van der Waals surface area contributed by atoms with Gasteiger partial charge in [0.15, 0.2) is 0 Å². The molecule has 1 heterocycles. The molecule has 0 saturated heterocycles. The molecule has 0 radical (unpaired) electrons. The Hall–Kier alpha value is -0.940. The minimum Gasteiger partial charge on any atom is -0.465 e. The Morgan fingerprint density at radius 2 is 2.35 bits per heavy atom. The molecule has 0 N–H and O–H groups in total. The van der Waals surface area contributed by atoms with Crippen LogP contribution in [0.4, 0.5) is 5.69 Å². The number of carbonyl (C=O) groups is 1. The molecule has 90 valence electrons. The topological polar surface area (TPSA) is 38.7 Å². The summed E-state index contributed by atoms with van der Waals surface area (Å²) < 4.78 is 5.82. The molecule has 0 aromatic heterocycles. The molecule has 1 aromatic rings. The fourth-order valence-electron chi connectivity index (χ4n) is 1.41. The number of nitrogens with zero attached hydrogens (tertiary/aromatic N) is 1. The number of fused-ring (bicyclic) bond motifs is 1. The quantitative estimate of drug-likeness (QED) is 0.788. The van der Waals surface area contributed by atoms with E-state index in [1.54, 1.807) is 11.8 Å². The lowest BCUT2D eigenvalue weighted by atomic mass is 10.2. The Morgan fingerprint density at radius 3 is 3.18 bits per heavy atom. The molecule has 1 aliphatic heterocycles. The van der Waals surface area contributed by atoms with Gasteiger partial charge in [-0.1, -0.05) is 41.7 Å². The molecule has 0 fully saturated rings. The van der Waals surface area contributed by atoms with Gasteiger partial charge < -0.3 is 4.74 Å². The number of ether oxygens (including phenoxy) is 1. The van der Waals surface area contributed by atoms with Gasteiger partial charge in [-0.2, -0.15) is 0 Å². The third kappa shape index (κ3) is 3.51. The number of rotatable bonds is 3. The number of carbonyl (C=O) groups excluding carboxylic acids is 1. The van der Waals surface area contributed by atoms with Gasteiger partial charge in [0.25, 0.3) is 0 Å². The van der Waals surface area contributed by atoms with Crippen LogP contribution in [-0.2, 0) is 15.3 Å². The van der Waals surface area contributed by atoms with E-state index in [-0.39, 0.29) is 5.97 Å². The van der Waals surface area contributed by atoms with Crippen LogP contribution in [0.25, 0.3) is 0 Å². The average Bonchev–Trinajstić information content (AvgIpc) is 2.36. The van der Waals surface area contributed by atoms with Gasteiger partial charge in [0.1, 0.15) is 4.38 Å². The van der Waals surface area contributed by atoms with Crippen molar-refractivity contribution in [1.82, 2.24) is 0 Å². The molecule has 2 rings (SSSR count). The van der Waals surface area contributed by atoms with Gasteiger partial charge in [-0.15, -0.1) is 0 Å². The molecular weight excluding hydrogens is 254 g/mol. The first kappa shape index (κ1) is 12.5. The smallest absolute Gasteiger partial charge is 0.316 e. The molecule has 0 atom stereocenters. The third-order valence-corrected chi connectivity index (χ3v) is 4.39. The number of para-hydroxylation sites is 1. The molecule has 1 aliphatic rings. The molecule has 0 aliphatic carbocycles. The summed E-state index contributed by atoms with van der Waals surface area (Å²) in [6.45, 7) is 2.24. The van der Waals surface area contributed by atoms with Gasteiger partial charge >= 0.3 is 5.97 Å². The Bertz CT molecular complexity index is 446. The van der Waals surface area contributed by atoms with Crippen LogP contribution in [0.1, 0.15) is 12.5 Å². The van der Waals surface area contributed by atoms with E-state index in [1.807, 2.05) is 25.1 Å². The zero-order valence-corrected chi connectivity index (χ0v) is 11.1. The molecule has 0 bridgehead atoms. The molecular formula is C12H13NO2S2.